The topological polar surface area (TPSA) is 58.4 Å². The second-order valence-electron chi connectivity index (χ2n) is 6.11. The highest BCUT2D eigenvalue weighted by molar-refractivity contribution is 5.85. The molecule has 0 aliphatic carbocycles. The van der Waals surface area contributed by atoms with E-state index in [1.54, 1.807) is 0 Å². The maximum atomic E-state index is 12.0. The minimum absolute atomic E-state index is 0. The number of halogens is 1. The van der Waals surface area contributed by atoms with E-state index in [4.69, 9.17) is 5.73 Å². The van der Waals surface area contributed by atoms with Crippen molar-refractivity contribution in [2.45, 2.75) is 33.4 Å². The Labute approximate surface area is 156 Å². The molecule has 5 heteroatoms. The van der Waals surface area contributed by atoms with E-state index in [1.165, 1.54) is 5.69 Å². The lowest BCUT2D eigenvalue weighted by Gasteiger charge is -2.23. The second-order valence-corrected chi connectivity index (χ2v) is 6.11. The molecule has 2 rings (SSSR count). The van der Waals surface area contributed by atoms with Gasteiger partial charge in [-0.2, -0.15) is 0 Å². The van der Waals surface area contributed by atoms with Crippen LogP contribution >= 0.6 is 12.4 Å². The summed E-state index contributed by atoms with van der Waals surface area (Å²) in [6.45, 7) is 7.25. The van der Waals surface area contributed by atoms with Crippen molar-refractivity contribution >= 4 is 29.7 Å². The van der Waals surface area contributed by atoms with Gasteiger partial charge in [-0.05, 0) is 43.7 Å². The molecular formula is C20H28ClN3O. The molecular weight excluding hydrogens is 334 g/mol. The largest absolute Gasteiger partial charge is 0.352 e. The zero-order chi connectivity index (χ0) is 17.5. The van der Waals surface area contributed by atoms with Crippen molar-refractivity contribution < 1.29 is 4.79 Å². The predicted octanol–water partition coefficient (Wildman–Crippen LogP) is 3.87. The summed E-state index contributed by atoms with van der Waals surface area (Å²) in [7, 11) is 0. The molecule has 0 spiro atoms. The molecule has 25 heavy (non-hydrogen) atoms. The first kappa shape index (κ1) is 21.0. The molecule has 2 unspecified atom stereocenters. The van der Waals surface area contributed by atoms with Crippen LogP contribution < -0.4 is 16.0 Å². The highest BCUT2D eigenvalue weighted by Crippen LogP contribution is 2.24. The smallest absolute Gasteiger partial charge is 0.224 e. The van der Waals surface area contributed by atoms with Gasteiger partial charge in [-0.15, -0.1) is 12.4 Å². The van der Waals surface area contributed by atoms with E-state index in [1.807, 2.05) is 32.0 Å². The first-order valence-electron chi connectivity index (χ1n) is 8.47. The zero-order valence-electron chi connectivity index (χ0n) is 15.1. The molecule has 0 aliphatic rings. The average molecular weight is 362 g/mol. The highest BCUT2D eigenvalue weighted by Gasteiger charge is 2.16. The van der Waals surface area contributed by atoms with E-state index >= 15 is 0 Å². The third kappa shape index (κ3) is 5.76. The molecule has 2 aromatic carbocycles. The van der Waals surface area contributed by atoms with Crippen LogP contribution in [0.2, 0.25) is 0 Å². The van der Waals surface area contributed by atoms with E-state index in [-0.39, 0.29) is 30.3 Å². The first-order chi connectivity index (χ1) is 11.5. The molecule has 0 heterocycles. The minimum Gasteiger partial charge on any atom is -0.352 e. The number of hydrogen-bond acceptors (Lipinski definition) is 3. The van der Waals surface area contributed by atoms with Gasteiger partial charge in [-0.1, -0.05) is 37.3 Å². The molecule has 0 saturated carbocycles. The first-order valence-corrected chi connectivity index (χ1v) is 8.47. The molecule has 0 fully saturated rings. The van der Waals surface area contributed by atoms with Crippen molar-refractivity contribution in [3.8, 4) is 0 Å². The Bertz CT molecular complexity index is 644. The van der Waals surface area contributed by atoms with Gasteiger partial charge in [0.05, 0.1) is 0 Å². The number of carbonyl (C=O) groups excluding carboxylic acids is 1. The minimum atomic E-state index is -0.182. The Hall–Kier alpha value is -2.04. The molecule has 0 radical (unpaired) electrons. The maximum absolute atomic E-state index is 12.0. The van der Waals surface area contributed by atoms with Gasteiger partial charge in [0.15, 0.2) is 0 Å². The van der Waals surface area contributed by atoms with Crippen LogP contribution in [0.25, 0.3) is 0 Å². The molecule has 0 aliphatic heterocycles. The highest BCUT2D eigenvalue weighted by atomic mass is 35.5. The summed E-state index contributed by atoms with van der Waals surface area (Å²) >= 11 is 0. The standard InChI is InChI=1S/C20H27N3O.ClH/c1-4-23(18-8-6-5-7-9-18)19-12-10-17(11-13-19)14-22-20(24)15(2)16(3)21;/h5-13,15-16H,4,14,21H2,1-3H3,(H,22,24);1H. The number of nitrogens with two attached hydrogens (primary N) is 1. The normalized spacial score (nSPS) is 12.6. The van der Waals surface area contributed by atoms with Crippen LogP contribution in [0.5, 0.6) is 0 Å². The van der Waals surface area contributed by atoms with Gasteiger partial charge in [0.25, 0.3) is 0 Å². The molecule has 0 aromatic heterocycles. The van der Waals surface area contributed by atoms with Crippen LogP contribution in [-0.4, -0.2) is 18.5 Å². The number of carbonyl (C=O) groups is 1. The quantitative estimate of drug-likeness (QED) is 0.787. The number of anilines is 2. The van der Waals surface area contributed by atoms with E-state index in [0.29, 0.717) is 6.54 Å². The molecule has 0 bridgehead atoms. The van der Waals surface area contributed by atoms with Gasteiger partial charge in [0.2, 0.25) is 5.91 Å². The van der Waals surface area contributed by atoms with E-state index in [0.717, 1.165) is 17.8 Å². The number of hydrogen-bond donors (Lipinski definition) is 2. The second kappa shape index (κ2) is 10.1. The lowest BCUT2D eigenvalue weighted by Crippen LogP contribution is -2.38. The van der Waals surface area contributed by atoms with Crippen molar-refractivity contribution in [3.63, 3.8) is 0 Å². The van der Waals surface area contributed by atoms with E-state index in [9.17, 15) is 4.79 Å². The number of nitrogens with one attached hydrogen (secondary N) is 1. The fourth-order valence-corrected chi connectivity index (χ4v) is 2.50. The Morgan fingerprint density at radius 2 is 1.60 bits per heavy atom. The Kier molecular flexibility index (Phi) is 8.46. The summed E-state index contributed by atoms with van der Waals surface area (Å²) in [6.07, 6.45) is 0. The van der Waals surface area contributed by atoms with Crippen LogP contribution in [0.3, 0.4) is 0 Å². The molecule has 2 aromatic rings. The molecule has 4 nitrogen and oxygen atoms in total. The maximum Gasteiger partial charge on any atom is 0.224 e. The van der Waals surface area contributed by atoms with Crippen molar-refractivity contribution in [2.24, 2.45) is 11.7 Å². The molecule has 3 N–H and O–H groups in total. The number of amides is 1. The fraction of sp³-hybridized carbons (Fsp3) is 0.350. The van der Waals surface area contributed by atoms with Crippen LogP contribution in [0.4, 0.5) is 11.4 Å². The predicted molar refractivity (Wildman–Crippen MR) is 107 cm³/mol. The van der Waals surface area contributed by atoms with Crippen LogP contribution in [0, 0.1) is 5.92 Å². The Balaban J connectivity index is 0.00000312. The SMILES string of the molecule is CCN(c1ccccc1)c1ccc(CNC(=O)C(C)C(C)N)cc1.Cl. The number of nitrogens with zero attached hydrogens (tertiary/aromatic N) is 1. The summed E-state index contributed by atoms with van der Waals surface area (Å²) in [5.74, 6) is -0.188. The number of rotatable bonds is 7. The summed E-state index contributed by atoms with van der Waals surface area (Å²) in [4.78, 5) is 14.2. The van der Waals surface area contributed by atoms with Gasteiger partial charge in [0, 0.05) is 36.4 Å². The number of para-hydroxylation sites is 1. The molecule has 1 amide bonds. The van der Waals surface area contributed by atoms with Gasteiger partial charge in [-0.25, -0.2) is 0 Å². The monoisotopic (exact) mass is 361 g/mol. The van der Waals surface area contributed by atoms with Crippen LogP contribution in [0.15, 0.2) is 54.6 Å². The van der Waals surface area contributed by atoms with Crippen molar-refractivity contribution in [2.75, 3.05) is 11.4 Å². The summed E-state index contributed by atoms with van der Waals surface area (Å²) in [5.41, 5.74) is 9.15. The van der Waals surface area contributed by atoms with Crippen LogP contribution in [-0.2, 0) is 11.3 Å². The molecule has 136 valence electrons. The Morgan fingerprint density at radius 3 is 2.12 bits per heavy atom. The molecule has 0 saturated heterocycles. The fourth-order valence-electron chi connectivity index (χ4n) is 2.50. The lowest BCUT2D eigenvalue weighted by molar-refractivity contribution is -0.125. The van der Waals surface area contributed by atoms with Gasteiger partial charge < -0.3 is 16.0 Å². The average Bonchev–Trinajstić information content (AvgIpc) is 2.61. The Morgan fingerprint density at radius 1 is 1.04 bits per heavy atom. The van der Waals surface area contributed by atoms with E-state index < -0.39 is 0 Å². The zero-order valence-corrected chi connectivity index (χ0v) is 15.9. The van der Waals surface area contributed by atoms with Gasteiger partial charge >= 0.3 is 0 Å². The third-order valence-electron chi connectivity index (χ3n) is 4.30. The van der Waals surface area contributed by atoms with E-state index in [2.05, 4.69) is 53.5 Å². The van der Waals surface area contributed by atoms with Gasteiger partial charge in [-0.3, -0.25) is 4.79 Å². The molecule has 2 atom stereocenters. The van der Waals surface area contributed by atoms with Crippen LogP contribution in [0.1, 0.15) is 26.3 Å². The summed E-state index contributed by atoms with van der Waals surface area (Å²) in [5, 5.41) is 2.94. The van der Waals surface area contributed by atoms with Gasteiger partial charge in [0.1, 0.15) is 0 Å². The summed E-state index contributed by atoms with van der Waals surface area (Å²) < 4.78 is 0. The van der Waals surface area contributed by atoms with Crippen molar-refractivity contribution in [3.05, 3.63) is 60.2 Å². The summed E-state index contributed by atoms with van der Waals surface area (Å²) in [6, 6.07) is 18.5. The van der Waals surface area contributed by atoms with Crippen molar-refractivity contribution in [1.82, 2.24) is 5.32 Å². The number of benzene rings is 2. The van der Waals surface area contributed by atoms with Crippen molar-refractivity contribution in [1.29, 1.82) is 0 Å². The third-order valence-corrected chi connectivity index (χ3v) is 4.30. The lowest BCUT2D eigenvalue weighted by atomic mass is 10.0.